The van der Waals surface area contributed by atoms with E-state index in [1.165, 1.54) is 0 Å². The van der Waals surface area contributed by atoms with E-state index in [9.17, 15) is 19.5 Å². The maximum Gasteiger partial charge on any atom is 0.337 e. The normalized spacial score (nSPS) is 19.7. The third-order valence-electron chi connectivity index (χ3n) is 2.57. The van der Waals surface area contributed by atoms with Crippen molar-refractivity contribution in [2.45, 2.75) is 26.7 Å². The number of rotatable bonds is 4. The van der Waals surface area contributed by atoms with Gasteiger partial charge in [-0.1, -0.05) is 0 Å². The Bertz CT molecular complexity index is 395. The summed E-state index contributed by atoms with van der Waals surface area (Å²) in [6.07, 6.45) is -0.178. The summed E-state index contributed by atoms with van der Waals surface area (Å²) in [4.78, 5) is 34.6. The number of Topliss-reactive ketones (excluding diaryl/α,β-unsaturated/α-hetero) is 1. The maximum atomic E-state index is 11.5. The lowest BCUT2D eigenvalue weighted by Gasteiger charge is -2.21. The van der Waals surface area contributed by atoms with Gasteiger partial charge in [0.15, 0.2) is 11.5 Å². The second kappa shape index (κ2) is 6.18. The van der Waals surface area contributed by atoms with Crippen LogP contribution in [0.5, 0.6) is 0 Å². The lowest BCUT2D eigenvalue weighted by atomic mass is 9.87. The topological polar surface area (TPSA) is 89.9 Å². The summed E-state index contributed by atoms with van der Waals surface area (Å²) in [6.45, 7) is 3.60. The lowest BCUT2D eigenvalue weighted by molar-refractivity contribution is -0.150. The zero-order chi connectivity index (χ0) is 13.7. The van der Waals surface area contributed by atoms with Crippen molar-refractivity contribution in [3.63, 3.8) is 0 Å². The maximum absolute atomic E-state index is 11.5. The van der Waals surface area contributed by atoms with Gasteiger partial charge < -0.3 is 14.6 Å². The molecular formula is C12H16O6. The van der Waals surface area contributed by atoms with Gasteiger partial charge in [-0.15, -0.1) is 0 Å². The van der Waals surface area contributed by atoms with E-state index in [2.05, 4.69) is 0 Å². The molecule has 0 saturated carbocycles. The number of aliphatic hydroxyl groups is 1. The molecule has 6 heteroatoms. The first-order chi connectivity index (χ1) is 8.51. The molecule has 0 aliphatic heterocycles. The van der Waals surface area contributed by atoms with Gasteiger partial charge in [-0.2, -0.15) is 0 Å². The number of hydrogen-bond acceptors (Lipinski definition) is 6. The van der Waals surface area contributed by atoms with E-state index in [1.54, 1.807) is 13.8 Å². The molecule has 1 aliphatic rings. The predicted molar refractivity (Wildman–Crippen MR) is 60.7 cm³/mol. The molecule has 100 valence electrons. The summed E-state index contributed by atoms with van der Waals surface area (Å²) in [7, 11) is 0. The molecule has 1 aliphatic carbocycles. The molecular weight excluding hydrogens is 240 g/mol. The minimum absolute atomic E-state index is 0.0325. The molecule has 1 atom stereocenters. The first kappa shape index (κ1) is 14.2. The van der Waals surface area contributed by atoms with Crippen LogP contribution in [0.2, 0.25) is 0 Å². The van der Waals surface area contributed by atoms with Crippen LogP contribution in [0.1, 0.15) is 26.7 Å². The van der Waals surface area contributed by atoms with E-state index >= 15 is 0 Å². The average molecular weight is 256 g/mol. The van der Waals surface area contributed by atoms with Crippen molar-refractivity contribution in [3.8, 4) is 0 Å². The highest BCUT2D eigenvalue weighted by Crippen LogP contribution is 2.27. The van der Waals surface area contributed by atoms with E-state index in [0.717, 1.165) is 0 Å². The summed E-state index contributed by atoms with van der Waals surface area (Å²) in [5, 5.41) is 9.54. The Morgan fingerprint density at radius 1 is 1.22 bits per heavy atom. The summed E-state index contributed by atoms with van der Waals surface area (Å²) in [5.41, 5.74) is -0.147. The van der Waals surface area contributed by atoms with E-state index in [4.69, 9.17) is 9.47 Å². The van der Waals surface area contributed by atoms with Crippen molar-refractivity contribution in [2.24, 2.45) is 5.92 Å². The first-order valence-electron chi connectivity index (χ1n) is 5.80. The summed E-state index contributed by atoms with van der Waals surface area (Å²) in [5.74, 6) is -3.28. The molecule has 0 radical (unpaired) electrons. The molecule has 1 N–H and O–H groups in total. The Hall–Kier alpha value is -1.85. The molecule has 0 bridgehead atoms. The van der Waals surface area contributed by atoms with Crippen molar-refractivity contribution in [2.75, 3.05) is 13.2 Å². The monoisotopic (exact) mass is 256 g/mol. The highest BCUT2D eigenvalue weighted by molar-refractivity contribution is 6.05. The largest absolute Gasteiger partial charge is 0.504 e. The lowest BCUT2D eigenvalue weighted by Crippen LogP contribution is -2.30. The van der Waals surface area contributed by atoms with Gasteiger partial charge in [0.25, 0.3) is 0 Å². The third-order valence-corrected chi connectivity index (χ3v) is 2.57. The summed E-state index contributed by atoms with van der Waals surface area (Å²) >= 11 is 0. The molecule has 0 aromatic heterocycles. The van der Waals surface area contributed by atoms with Gasteiger partial charge in [0, 0.05) is 6.42 Å². The van der Waals surface area contributed by atoms with Gasteiger partial charge in [0.1, 0.15) is 0 Å². The zero-order valence-corrected chi connectivity index (χ0v) is 10.4. The zero-order valence-electron chi connectivity index (χ0n) is 10.4. The van der Waals surface area contributed by atoms with Crippen LogP contribution in [-0.4, -0.2) is 36.0 Å². The van der Waals surface area contributed by atoms with Gasteiger partial charge in [-0.3, -0.25) is 9.59 Å². The molecule has 1 rings (SSSR count). The predicted octanol–water partition coefficient (Wildman–Crippen LogP) is 0.904. The quantitative estimate of drug-likeness (QED) is 0.752. The number of aliphatic hydroxyl groups excluding tert-OH is 1. The number of carbonyl (C=O) groups excluding carboxylic acids is 3. The molecule has 6 nitrogen and oxygen atoms in total. The molecule has 0 amide bonds. The van der Waals surface area contributed by atoms with Crippen molar-refractivity contribution in [1.82, 2.24) is 0 Å². The number of allylic oxidation sites excluding steroid dienone is 1. The van der Waals surface area contributed by atoms with E-state index in [1.807, 2.05) is 0 Å². The molecule has 0 heterocycles. The average Bonchev–Trinajstić information content (AvgIpc) is 2.32. The molecule has 0 spiro atoms. The highest BCUT2D eigenvalue weighted by atomic mass is 16.5. The summed E-state index contributed by atoms with van der Waals surface area (Å²) in [6, 6.07) is 0. The summed E-state index contributed by atoms with van der Waals surface area (Å²) < 4.78 is 9.53. The van der Waals surface area contributed by atoms with Crippen molar-refractivity contribution < 1.29 is 29.0 Å². The van der Waals surface area contributed by atoms with Crippen LogP contribution in [0.4, 0.5) is 0 Å². The van der Waals surface area contributed by atoms with E-state index in [-0.39, 0.29) is 31.6 Å². The van der Waals surface area contributed by atoms with Gasteiger partial charge in [-0.25, -0.2) is 4.79 Å². The Balaban J connectivity index is 2.88. The standard InChI is InChI=1S/C12H16O6/c1-3-17-11(15)7-5-8(12(16)18-4-2)10(14)9(13)6-7/h7,14H,3-6H2,1-2H3. The van der Waals surface area contributed by atoms with Crippen LogP contribution in [-0.2, 0) is 23.9 Å². The number of ketones is 1. The van der Waals surface area contributed by atoms with Gasteiger partial charge >= 0.3 is 11.9 Å². The van der Waals surface area contributed by atoms with Crippen LogP contribution in [0, 0.1) is 5.92 Å². The van der Waals surface area contributed by atoms with Crippen LogP contribution >= 0.6 is 0 Å². The molecule has 1 unspecified atom stereocenters. The molecule has 18 heavy (non-hydrogen) atoms. The fourth-order valence-corrected chi connectivity index (χ4v) is 1.73. The number of esters is 2. The molecule has 0 saturated heterocycles. The minimum atomic E-state index is -0.766. The SMILES string of the molecule is CCOC(=O)C1=C(O)C(=O)CC(C(=O)OCC)C1. The van der Waals surface area contributed by atoms with Crippen molar-refractivity contribution in [3.05, 3.63) is 11.3 Å². The van der Waals surface area contributed by atoms with Crippen LogP contribution in [0.15, 0.2) is 11.3 Å². The van der Waals surface area contributed by atoms with Crippen molar-refractivity contribution in [1.29, 1.82) is 0 Å². The second-order valence-electron chi connectivity index (χ2n) is 3.83. The van der Waals surface area contributed by atoms with Crippen LogP contribution in [0.25, 0.3) is 0 Å². The van der Waals surface area contributed by atoms with Gasteiger partial charge in [0.05, 0.1) is 24.7 Å². The molecule has 0 fully saturated rings. The van der Waals surface area contributed by atoms with Crippen LogP contribution in [0.3, 0.4) is 0 Å². The highest BCUT2D eigenvalue weighted by Gasteiger charge is 2.36. The van der Waals surface area contributed by atoms with Crippen LogP contribution < -0.4 is 0 Å². The second-order valence-corrected chi connectivity index (χ2v) is 3.83. The number of carbonyl (C=O) groups is 3. The fourth-order valence-electron chi connectivity index (χ4n) is 1.73. The number of ether oxygens (including phenoxy) is 2. The van der Waals surface area contributed by atoms with E-state index in [0.29, 0.717) is 0 Å². The Labute approximate surface area is 105 Å². The Morgan fingerprint density at radius 2 is 1.83 bits per heavy atom. The smallest absolute Gasteiger partial charge is 0.337 e. The molecule has 0 aromatic rings. The Morgan fingerprint density at radius 3 is 2.39 bits per heavy atom. The van der Waals surface area contributed by atoms with Gasteiger partial charge in [-0.05, 0) is 20.3 Å². The van der Waals surface area contributed by atoms with Gasteiger partial charge in [0.2, 0.25) is 0 Å². The van der Waals surface area contributed by atoms with Crippen molar-refractivity contribution >= 4 is 17.7 Å². The third kappa shape index (κ3) is 3.09. The molecule has 0 aromatic carbocycles. The minimum Gasteiger partial charge on any atom is -0.504 e. The fraction of sp³-hybridized carbons (Fsp3) is 0.583. The first-order valence-corrected chi connectivity index (χ1v) is 5.80. The van der Waals surface area contributed by atoms with E-state index < -0.39 is 29.4 Å². The Kier molecular flexibility index (Phi) is 4.88. The number of hydrogen-bond donors (Lipinski definition) is 1.